The summed E-state index contributed by atoms with van der Waals surface area (Å²) in [6.07, 6.45) is 0.948. The molecule has 0 fully saturated rings. The van der Waals surface area contributed by atoms with E-state index >= 15 is 0 Å². The fourth-order valence-electron chi connectivity index (χ4n) is 1.13. The van der Waals surface area contributed by atoms with E-state index in [2.05, 4.69) is 17.6 Å². The molecule has 0 unspecified atom stereocenters. The van der Waals surface area contributed by atoms with Crippen LogP contribution in [0.2, 0.25) is 0 Å². The highest BCUT2D eigenvalue weighted by atomic mass is 16.2. The van der Waals surface area contributed by atoms with Gasteiger partial charge in [0.05, 0.1) is 0 Å². The number of aryl methyl sites for hydroxylation is 1. The average molecular weight is 206 g/mol. The molecule has 1 aromatic rings. The van der Waals surface area contributed by atoms with Crippen LogP contribution in [-0.2, 0) is 16.0 Å². The van der Waals surface area contributed by atoms with E-state index in [1.165, 1.54) is 12.6 Å². The molecule has 0 saturated carbocycles. The Balaban J connectivity index is 2.65. The largest absolute Gasteiger partial charge is 0.351 e. The molecule has 15 heavy (non-hydrogen) atoms. The van der Waals surface area contributed by atoms with Gasteiger partial charge in [-0.3, -0.25) is 9.59 Å². The summed E-state index contributed by atoms with van der Waals surface area (Å²) in [4.78, 5) is 22.1. The van der Waals surface area contributed by atoms with E-state index in [1.807, 2.05) is 12.1 Å². The zero-order valence-electron chi connectivity index (χ0n) is 8.83. The number of anilines is 1. The van der Waals surface area contributed by atoms with Crippen LogP contribution in [0.1, 0.15) is 12.5 Å². The summed E-state index contributed by atoms with van der Waals surface area (Å²) in [5.41, 5.74) is 1.81. The summed E-state index contributed by atoms with van der Waals surface area (Å²) < 4.78 is 0. The van der Waals surface area contributed by atoms with Crippen LogP contribution in [-0.4, -0.2) is 18.9 Å². The van der Waals surface area contributed by atoms with Crippen molar-refractivity contribution in [2.45, 2.75) is 13.3 Å². The molecule has 80 valence electrons. The molecule has 4 nitrogen and oxygen atoms in total. The van der Waals surface area contributed by atoms with E-state index in [4.69, 9.17) is 0 Å². The molecule has 2 amide bonds. The fourth-order valence-corrected chi connectivity index (χ4v) is 1.13. The first-order valence-corrected chi connectivity index (χ1v) is 4.79. The van der Waals surface area contributed by atoms with Crippen molar-refractivity contribution in [1.82, 2.24) is 5.32 Å². The maximum atomic E-state index is 11.2. The molecule has 0 aromatic heterocycles. The van der Waals surface area contributed by atoms with E-state index in [0.29, 0.717) is 5.69 Å². The minimum Gasteiger partial charge on any atom is -0.351 e. The summed E-state index contributed by atoms with van der Waals surface area (Å²) >= 11 is 0. The smallest absolute Gasteiger partial charge is 0.313 e. The molecule has 4 heteroatoms. The third-order valence-electron chi connectivity index (χ3n) is 2.05. The average Bonchev–Trinajstić information content (AvgIpc) is 2.29. The first-order chi connectivity index (χ1) is 7.17. The predicted octanol–water partition coefficient (Wildman–Crippen LogP) is 0.933. The molecule has 0 atom stereocenters. The zero-order valence-corrected chi connectivity index (χ0v) is 8.83. The van der Waals surface area contributed by atoms with Crippen LogP contribution in [0.25, 0.3) is 0 Å². The Morgan fingerprint density at radius 2 is 1.73 bits per heavy atom. The molecule has 0 heterocycles. The lowest BCUT2D eigenvalue weighted by Crippen LogP contribution is -2.32. The molecular weight excluding hydrogens is 192 g/mol. The highest BCUT2D eigenvalue weighted by molar-refractivity contribution is 6.39. The topological polar surface area (TPSA) is 58.2 Å². The van der Waals surface area contributed by atoms with Crippen molar-refractivity contribution in [2.24, 2.45) is 0 Å². The summed E-state index contributed by atoms with van der Waals surface area (Å²) in [6, 6.07) is 7.39. The SMILES string of the molecule is CCc1ccc(NC(=O)C(=O)NC)cc1. The number of likely N-dealkylation sites (N-methyl/N-ethyl adjacent to an activating group) is 1. The van der Waals surface area contributed by atoms with Gasteiger partial charge in [0.25, 0.3) is 0 Å². The maximum absolute atomic E-state index is 11.2. The molecular formula is C11H14N2O2. The number of benzene rings is 1. The van der Waals surface area contributed by atoms with Crippen LogP contribution in [0, 0.1) is 0 Å². The van der Waals surface area contributed by atoms with Gasteiger partial charge in [0.1, 0.15) is 0 Å². The Labute approximate surface area is 88.7 Å². The van der Waals surface area contributed by atoms with Crippen LogP contribution in [0.5, 0.6) is 0 Å². The van der Waals surface area contributed by atoms with Crippen LogP contribution in [0.4, 0.5) is 5.69 Å². The quantitative estimate of drug-likeness (QED) is 0.707. The Kier molecular flexibility index (Phi) is 3.85. The molecule has 2 N–H and O–H groups in total. The lowest BCUT2D eigenvalue weighted by atomic mass is 10.1. The van der Waals surface area contributed by atoms with Gasteiger partial charge >= 0.3 is 11.8 Å². The summed E-state index contributed by atoms with van der Waals surface area (Å²) in [7, 11) is 1.42. The first-order valence-electron chi connectivity index (χ1n) is 4.79. The number of carbonyl (C=O) groups is 2. The van der Waals surface area contributed by atoms with Gasteiger partial charge in [-0.15, -0.1) is 0 Å². The molecule has 0 aliphatic heterocycles. The number of nitrogens with one attached hydrogen (secondary N) is 2. The highest BCUT2D eigenvalue weighted by Crippen LogP contribution is 2.09. The Morgan fingerprint density at radius 3 is 2.20 bits per heavy atom. The lowest BCUT2D eigenvalue weighted by Gasteiger charge is -2.04. The second kappa shape index (κ2) is 5.14. The first kappa shape index (κ1) is 11.2. The van der Waals surface area contributed by atoms with E-state index in [0.717, 1.165) is 6.42 Å². The Morgan fingerprint density at radius 1 is 1.13 bits per heavy atom. The minimum atomic E-state index is -0.651. The molecule has 0 radical (unpaired) electrons. The van der Waals surface area contributed by atoms with Gasteiger partial charge in [-0.2, -0.15) is 0 Å². The summed E-state index contributed by atoms with van der Waals surface area (Å²) in [5, 5.41) is 4.75. The van der Waals surface area contributed by atoms with Crippen molar-refractivity contribution in [3.05, 3.63) is 29.8 Å². The second-order valence-corrected chi connectivity index (χ2v) is 3.08. The van der Waals surface area contributed by atoms with E-state index in [-0.39, 0.29) is 0 Å². The normalized spacial score (nSPS) is 9.47. The number of carbonyl (C=O) groups excluding carboxylic acids is 2. The van der Waals surface area contributed by atoms with Crippen LogP contribution in [0.3, 0.4) is 0 Å². The van der Waals surface area contributed by atoms with Gasteiger partial charge < -0.3 is 10.6 Å². The summed E-state index contributed by atoms with van der Waals surface area (Å²) in [6.45, 7) is 2.05. The van der Waals surface area contributed by atoms with Crippen molar-refractivity contribution in [2.75, 3.05) is 12.4 Å². The van der Waals surface area contributed by atoms with Crippen LogP contribution >= 0.6 is 0 Å². The van der Waals surface area contributed by atoms with E-state index < -0.39 is 11.8 Å². The molecule has 0 saturated heterocycles. The molecule has 0 aliphatic rings. The molecule has 1 aromatic carbocycles. The Hall–Kier alpha value is -1.84. The predicted molar refractivity (Wildman–Crippen MR) is 58.5 cm³/mol. The standard InChI is InChI=1S/C11H14N2O2/c1-3-8-4-6-9(7-5-8)13-11(15)10(14)12-2/h4-7H,3H2,1-2H3,(H,12,14)(H,13,15). The van der Waals surface area contributed by atoms with Crippen LogP contribution < -0.4 is 10.6 Å². The van der Waals surface area contributed by atoms with Gasteiger partial charge in [-0.05, 0) is 24.1 Å². The van der Waals surface area contributed by atoms with Gasteiger partial charge in [0.2, 0.25) is 0 Å². The van der Waals surface area contributed by atoms with Crippen molar-refractivity contribution >= 4 is 17.5 Å². The van der Waals surface area contributed by atoms with E-state index in [1.54, 1.807) is 12.1 Å². The third-order valence-corrected chi connectivity index (χ3v) is 2.05. The number of hydrogen-bond acceptors (Lipinski definition) is 2. The molecule has 1 rings (SSSR count). The Bertz CT molecular complexity index is 357. The molecule has 0 aliphatic carbocycles. The summed E-state index contributed by atoms with van der Waals surface area (Å²) in [5.74, 6) is -1.30. The third kappa shape index (κ3) is 3.09. The fraction of sp³-hybridized carbons (Fsp3) is 0.273. The van der Waals surface area contributed by atoms with Gasteiger partial charge in [-0.1, -0.05) is 19.1 Å². The van der Waals surface area contributed by atoms with Crippen molar-refractivity contribution in [3.63, 3.8) is 0 Å². The van der Waals surface area contributed by atoms with Crippen molar-refractivity contribution in [1.29, 1.82) is 0 Å². The number of rotatable bonds is 2. The maximum Gasteiger partial charge on any atom is 0.313 e. The van der Waals surface area contributed by atoms with Gasteiger partial charge in [0, 0.05) is 12.7 Å². The lowest BCUT2D eigenvalue weighted by molar-refractivity contribution is -0.135. The highest BCUT2D eigenvalue weighted by Gasteiger charge is 2.10. The second-order valence-electron chi connectivity index (χ2n) is 3.08. The van der Waals surface area contributed by atoms with Gasteiger partial charge in [0.15, 0.2) is 0 Å². The van der Waals surface area contributed by atoms with E-state index in [9.17, 15) is 9.59 Å². The number of amides is 2. The minimum absolute atomic E-state index is 0.626. The zero-order chi connectivity index (χ0) is 11.3. The molecule has 0 spiro atoms. The van der Waals surface area contributed by atoms with Crippen LogP contribution in [0.15, 0.2) is 24.3 Å². The number of hydrogen-bond donors (Lipinski definition) is 2. The monoisotopic (exact) mass is 206 g/mol. The van der Waals surface area contributed by atoms with Crippen molar-refractivity contribution < 1.29 is 9.59 Å². The molecule has 0 bridgehead atoms. The van der Waals surface area contributed by atoms with Gasteiger partial charge in [-0.25, -0.2) is 0 Å². The van der Waals surface area contributed by atoms with Crippen molar-refractivity contribution in [3.8, 4) is 0 Å².